The van der Waals surface area contributed by atoms with E-state index in [1.54, 1.807) is 19.2 Å². The number of anilines is 1. The monoisotopic (exact) mass is 341 g/mol. The molecule has 2 aromatic carbocycles. The van der Waals surface area contributed by atoms with Gasteiger partial charge in [0.15, 0.2) is 11.5 Å². The van der Waals surface area contributed by atoms with E-state index >= 15 is 0 Å². The summed E-state index contributed by atoms with van der Waals surface area (Å²) in [7, 11) is 3.07. The summed E-state index contributed by atoms with van der Waals surface area (Å²) in [5.41, 5.74) is 2.35. The lowest BCUT2D eigenvalue weighted by atomic mass is 10.1. The Labute approximate surface area is 145 Å². The number of hydrogen-bond acceptors (Lipinski definition) is 5. The Morgan fingerprint density at radius 3 is 2.44 bits per heavy atom. The molecular formula is C19H19NO5. The summed E-state index contributed by atoms with van der Waals surface area (Å²) in [6.45, 7) is 0.0502. The molecule has 0 aromatic heterocycles. The average Bonchev–Trinajstić information content (AvgIpc) is 2.94. The number of benzene rings is 2. The fraction of sp³-hybridized carbons (Fsp3) is 0.263. The molecule has 0 bridgehead atoms. The van der Waals surface area contributed by atoms with Gasteiger partial charge in [-0.15, -0.1) is 0 Å². The van der Waals surface area contributed by atoms with Crippen molar-refractivity contribution in [3.05, 3.63) is 53.6 Å². The van der Waals surface area contributed by atoms with Crippen LogP contribution in [0.2, 0.25) is 0 Å². The van der Waals surface area contributed by atoms with E-state index < -0.39 is 5.97 Å². The van der Waals surface area contributed by atoms with Crippen LogP contribution in [-0.4, -0.2) is 32.6 Å². The number of carbonyl (C=O) groups is 2. The highest BCUT2D eigenvalue weighted by Gasteiger charge is 2.31. The van der Waals surface area contributed by atoms with Crippen molar-refractivity contribution in [1.82, 2.24) is 0 Å². The minimum atomic E-state index is -0.458. The zero-order valence-corrected chi connectivity index (χ0v) is 14.2. The first-order valence-corrected chi connectivity index (χ1v) is 7.87. The van der Waals surface area contributed by atoms with Crippen molar-refractivity contribution in [2.24, 2.45) is 0 Å². The first kappa shape index (κ1) is 16.8. The SMILES string of the molecule is COc1cc2c(cc1OC)N(CC(=O)OCc1ccccc1)C(=O)C2. The number of hydrogen-bond donors (Lipinski definition) is 0. The molecule has 0 atom stereocenters. The van der Waals surface area contributed by atoms with Gasteiger partial charge in [0.05, 0.1) is 26.3 Å². The second-order valence-corrected chi connectivity index (χ2v) is 5.64. The molecule has 0 unspecified atom stereocenters. The Balaban J connectivity index is 1.71. The van der Waals surface area contributed by atoms with Gasteiger partial charge in [0.2, 0.25) is 5.91 Å². The number of amides is 1. The predicted molar refractivity (Wildman–Crippen MR) is 91.8 cm³/mol. The lowest BCUT2D eigenvalue weighted by Crippen LogP contribution is -2.33. The topological polar surface area (TPSA) is 65.1 Å². The number of methoxy groups -OCH3 is 2. The molecule has 1 heterocycles. The van der Waals surface area contributed by atoms with E-state index in [4.69, 9.17) is 14.2 Å². The van der Waals surface area contributed by atoms with Crippen LogP contribution in [0.3, 0.4) is 0 Å². The van der Waals surface area contributed by atoms with Crippen LogP contribution in [0.5, 0.6) is 11.5 Å². The van der Waals surface area contributed by atoms with Crippen molar-refractivity contribution in [2.45, 2.75) is 13.0 Å². The van der Waals surface area contributed by atoms with Gasteiger partial charge in [0, 0.05) is 6.07 Å². The third-order valence-corrected chi connectivity index (χ3v) is 4.05. The highest BCUT2D eigenvalue weighted by atomic mass is 16.5. The van der Waals surface area contributed by atoms with Crippen LogP contribution in [0.15, 0.2) is 42.5 Å². The summed E-state index contributed by atoms with van der Waals surface area (Å²) in [5.74, 6) is 0.461. The van der Waals surface area contributed by atoms with Crippen LogP contribution < -0.4 is 14.4 Å². The largest absolute Gasteiger partial charge is 0.493 e. The van der Waals surface area contributed by atoms with E-state index in [2.05, 4.69) is 0 Å². The second-order valence-electron chi connectivity index (χ2n) is 5.64. The number of rotatable bonds is 6. The number of esters is 1. The van der Waals surface area contributed by atoms with Crippen molar-refractivity contribution < 1.29 is 23.8 Å². The Bertz CT molecular complexity index is 788. The summed E-state index contributed by atoms with van der Waals surface area (Å²) in [6.07, 6.45) is 0.224. The molecule has 6 heteroatoms. The fourth-order valence-corrected chi connectivity index (χ4v) is 2.78. The summed E-state index contributed by atoms with van der Waals surface area (Å²) < 4.78 is 15.8. The van der Waals surface area contributed by atoms with Crippen LogP contribution >= 0.6 is 0 Å². The lowest BCUT2D eigenvalue weighted by Gasteiger charge is -2.18. The Morgan fingerprint density at radius 1 is 1.08 bits per heavy atom. The van der Waals surface area contributed by atoms with Crippen LogP contribution in [0.25, 0.3) is 0 Å². The molecule has 0 N–H and O–H groups in total. The molecule has 2 aromatic rings. The van der Waals surface area contributed by atoms with Gasteiger partial charge >= 0.3 is 5.97 Å². The third kappa shape index (κ3) is 3.57. The maximum atomic E-state index is 12.3. The predicted octanol–water partition coefficient (Wildman–Crippen LogP) is 2.34. The van der Waals surface area contributed by atoms with Crippen molar-refractivity contribution in [2.75, 3.05) is 25.7 Å². The number of ether oxygens (including phenoxy) is 3. The molecule has 0 spiro atoms. The zero-order chi connectivity index (χ0) is 17.8. The molecular weight excluding hydrogens is 322 g/mol. The van der Waals surface area contributed by atoms with Crippen LogP contribution in [0.1, 0.15) is 11.1 Å². The number of nitrogens with zero attached hydrogens (tertiary/aromatic N) is 1. The molecule has 0 saturated heterocycles. The summed E-state index contributed by atoms with van der Waals surface area (Å²) in [5, 5.41) is 0. The number of carbonyl (C=O) groups excluding carboxylic acids is 2. The molecule has 6 nitrogen and oxygen atoms in total. The minimum Gasteiger partial charge on any atom is -0.493 e. The normalized spacial score (nSPS) is 12.7. The molecule has 0 saturated carbocycles. The molecule has 0 radical (unpaired) electrons. The first-order valence-electron chi connectivity index (χ1n) is 7.87. The third-order valence-electron chi connectivity index (χ3n) is 4.05. The first-order chi connectivity index (χ1) is 12.1. The average molecular weight is 341 g/mol. The van der Waals surface area contributed by atoms with E-state index in [9.17, 15) is 9.59 Å². The molecule has 1 aliphatic heterocycles. The van der Waals surface area contributed by atoms with Gasteiger partial charge in [-0.05, 0) is 17.2 Å². The maximum absolute atomic E-state index is 12.3. The Morgan fingerprint density at radius 2 is 1.76 bits per heavy atom. The van der Waals surface area contributed by atoms with E-state index in [0.717, 1.165) is 11.1 Å². The fourth-order valence-electron chi connectivity index (χ4n) is 2.78. The molecule has 130 valence electrons. The summed E-state index contributed by atoms with van der Waals surface area (Å²) >= 11 is 0. The lowest BCUT2D eigenvalue weighted by molar-refractivity contribution is -0.144. The maximum Gasteiger partial charge on any atom is 0.326 e. The molecule has 0 fully saturated rings. The summed E-state index contributed by atoms with van der Waals surface area (Å²) in [4.78, 5) is 25.8. The van der Waals surface area contributed by atoms with Gasteiger partial charge in [0.1, 0.15) is 13.2 Å². The van der Waals surface area contributed by atoms with Crippen LogP contribution in [0, 0.1) is 0 Å². The van der Waals surface area contributed by atoms with Crippen molar-refractivity contribution in [3.63, 3.8) is 0 Å². The van der Waals surface area contributed by atoms with Gasteiger partial charge in [-0.1, -0.05) is 30.3 Å². The highest BCUT2D eigenvalue weighted by Crippen LogP contribution is 2.38. The van der Waals surface area contributed by atoms with E-state index in [1.807, 2.05) is 30.3 Å². The van der Waals surface area contributed by atoms with E-state index in [1.165, 1.54) is 12.0 Å². The van der Waals surface area contributed by atoms with Gasteiger partial charge in [0.25, 0.3) is 0 Å². The Kier molecular flexibility index (Phi) is 4.88. The van der Waals surface area contributed by atoms with Gasteiger partial charge in [-0.3, -0.25) is 9.59 Å². The highest BCUT2D eigenvalue weighted by molar-refractivity contribution is 6.04. The molecule has 25 heavy (non-hydrogen) atoms. The number of fused-ring (bicyclic) bond motifs is 1. The van der Waals surface area contributed by atoms with Crippen molar-refractivity contribution >= 4 is 17.6 Å². The van der Waals surface area contributed by atoms with E-state index in [-0.39, 0.29) is 25.5 Å². The van der Waals surface area contributed by atoms with Crippen molar-refractivity contribution in [3.8, 4) is 11.5 Å². The second kappa shape index (κ2) is 7.25. The zero-order valence-electron chi connectivity index (χ0n) is 14.2. The van der Waals surface area contributed by atoms with Crippen molar-refractivity contribution in [1.29, 1.82) is 0 Å². The van der Waals surface area contributed by atoms with Gasteiger partial charge < -0.3 is 19.1 Å². The van der Waals surface area contributed by atoms with E-state index in [0.29, 0.717) is 17.2 Å². The van der Waals surface area contributed by atoms with Gasteiger partial charge in [-0.2, -0.15) is 0 Å². The van der Waals surface area contributed by atoms with Crippen LogP contribution in [-0.2, 0) is 27.4 Å². The summed E-state index contributed by atoms with van der Waals surface area (Å²) in [6, 6.07) is 12.9. The minimum absolute atomic E-state index is 0.131. The molecule has 1 aliphatic rings. The molecule has 0 aliphatic carbocycles. The molecule has 3 rings (SSSR count). The molecule has 1 amide bonds. The Hall–Kier alpha value is -3.02. The van der Waals surface area contributed by atoms with Crippen LogP contribution in [0.4, 0.5) is 5.69 Å². The standard InChI is InChI=1S/C19H19NO5/c1-23-16-8-14-9-18(21)20(15(14)10-17(16)24-2)11-19(22)25-12-13-6-4-3-5-7-13/h3-8,10H,9,11-12H2,1-2H3. The van der Waals surface area contributed by atoms with Gasteiger partial charge in [-0.25, -0.2) is 0 Å². The smallest absolute Gasteiger partial charge is 0.326 e. The quantitative estimate of drug-likeness (QED) is 0.755.